The second-order valence-electron chi connectivity index (χ2n) is 6.91. The number of hydrogen-bond donors (Lipinski definition) is 0. The maximum absolute atomic E-state index is 5.81. The summed E-state index contributed by atoms with van der Waals surface area (Å²) in [6.45, 7) is 2.35. The molecule has 1 heterocycles. The highest BCUT2D eigenvalue weighted by Gasteiger charge is 2.50. The predicted molar refractivity (Wildman–Crippen MR) is 91.8 cm³/mol. The molecule has 1 saturated carbocycles. The molecule has 0 radical (unpaired) electrons. The third kappa shape index (κ3) is 4.54. The molecule has 5 heteroatoms. The van der Waals surface area contributed by atoms with Crippen molar-refractivity contribution in [2.75, 3.05) is 34.4 Å². The molecule has 0 bridgehead atoms. The van der Waals surface area contributed by atoms with Crippen LogP contribution in [0.1, 0.15) is 64.2 Å². The Hall–Kier alpha value is 0.0569. The van der Waals surface area contributed by atoms with Gasteiger partial charge < -0.3 is 13.3 Å². The molecule has 1 atom stereocenters. The van der Waals surface area contributed by atoms with E-state index in [2.05, 4.69) is 4.90 Å². The van der Waals surface area contributed by atoms with Crippen molar-refractivity contribution in [3.8, 4) is 0 Å². The lowest BCUT2D eigenvalue weighted by Gasteiger charge is -2.39. The Morgan fingerprint density at radius 1 is 0.818 bits per heavy atom. The van der Waals surface area contributed by atoms with Crippen LogP contribution in [0, 0.1) is 5.92 Å². The number of hydrogen-bond acceptors (Lipinski definition) is 4. The second kappa shape index (κ2) is 9.38. The van der Waals surface area contributed by atoms with Crippen molar-refractivity contribution in [1.29, 1.82) is 0 Å². The fourth-order valence-corrected chi connectivity index (χ4v) is 6.90. The lowest BCUT2D eigenvalue weighted by molar-refractivity contribution is 0.0710. The summed E-state index contributed by atoms with van der Waals surface area (Å²) in [6.07, 6.45) is 13.5. The smallest absolute Gasteiger partial charge is 0.376 e. The molecule has 0 aromatic carbocycles. The van der Waals surface area contributed by atoms with Gasteiger partial charge in [0.25, 0.3) is 0 Å². The van der Waals surface area contributed by atoms with Crippen LogP contribution in [0.25, 0.3) is 0 Å². The Bertz CT molecular complexity index is 298. The highest BCUT2D eigenvalue weighted by Crippen LogP contribution is 2.30. The molecule has 1 aliphatic carbocycles. The Labute approximate surface area is 137 Å². The minimum absolute atomic E-state index is 0.332. The third-order valence-corrected chi connectivity index (χ3v) is 8.85. The van der Waals surface area contributed by atoms with Gasteiger partial charge in [0.05, 0.1) is 5.67 Å². The number of rotatable bonds is 7. The van der Waals surface area contributed by atoms with Crippen molar-refractivity contribution in [3.05, 3.63) is 0 Å². The number of nitrogens with zero attached hydrogens (tertiary/aromatic N) is 1. The lowest BCUT2D eigenvalue weighted by atomic mass is 9.87. The first kappa shape index (κ1) is 18.4. The molecular formula is C17H35NO3Si. The average Bonchev–Trinajstić information content (AvgIpc) is 2.82. The van der Waals surface area contributed by atoms with E-state index in [1.807, 2.05) is 0 Å². The molecule has 0 spiro atoms. The van der Waals surface area contributed by atoms with Gasteiger partial charge >= 0.3 is 8.80 Å². The molecule has 2 fully saturated rings. The van der Waals surface area contributed by atoms with E-state index in [9.17, 15) is 0 Å². The van der Waals surface area contributed by atoms with E-state index < -0.39 is 8.80 Å². The molecule has 0 aromatic heterocycles. The van der Waals surface area contributed by atoms with Gasteiger partial charge in [-0.15, -0.1) is 0 Å². The van der Waals surface area contributed by atoms with Gasteiger partial charge in [0.15, 0.2) is 0 Å². The third-order valence-electron chi connectivity index (χ3n) is 5.67. The van der Waals surface area contributed by atoms with Gasteiger partial charge in [-0.25, -0.2) is 0 Å². The van der Waals surface area contributed by atoms with E-state index in [4.69, 9.17) is 13.3 Å². The van der Waals surface area contributed by atoms with Crippen LogP contribution in [0.2, 0.25) is 0 Å². The van der Waals surface area contributed by atoms with E-state index in [0.29, 0.717) is 5.67 Å². The van der Waals surface area contributed by atoms with Crippen molar-refractivity contribution in [1.82, 2.24) is 4.90 Å². The SMILES string of the molecule is CO[Si](OC)(OC)C1CCCCCN1CCC1CCCCC1. The molecule has 0 N–H and O–H groups in total. The maximum atomic E-state index is 5.81. The van der Waals surface area contributed by atoms with E-state index in [1.165, 1.54) is 70.9 Å². The Balaban J connectivity index is 1.99. The summed E-state index contributed by atoms with van der Waals surface area (Å²) >= 11 is 0. The monoisotopic (exact) mass is 329 g/mol. The highest BCUT2D eigenvalue weighted by molar-refractivity contribution is 6.62. The summed E-state index contributed by atoms with van der Waals surface area (Å²) in [7, 11) is 2.69. The molecule has 0 aromatic rings. The van der Waals surface area contributed by atoms with Crippen LogP contribution in [0.5, 0.6) is 0 Å². The summed E-state index contributed by atoms with van der Waals surface area (Å²) in [5.74, 6) is 0.932. The summed E-state index contributed by atoms with van der Waals surface area (Å²) in [5.41, 5.74) is 0.332. The van der Waals surface area contributed by atoms with E-state index in [1.54, 1.807) is 21.3 Å². The molecule has 4 nitrogen and oxygen atoms in total. The summed E-state index contributed by atoms with van der Waals surface area (Å²) in [6, 6.07) is 0. The first-order chi connectivity index (χ1) is 10.8. The van der Waals surface area contributed by atoms with Crippen LogP contribution in [0.15, 0.2) is 0 Å². The molecule has 1 aliphatic heterocycles. The quantitative estimate of drug-likeness (QED) is 0.668. The maximum Gasteiger partial charge on any atom is 0.518 e. The fraction of sp³-hybridized carbons (Fsp3) is 1.00. The van der Waals surface area contributed by atoms with Gasteiger partial charge in [0, 0.05) is 21.3 Å². The summed E-state index contributed by atoms with van der Waals surface area (Å²) in [4.78, 5) is 2.63. The van der Waals surface area contributed by atoms with Crippen LogP contribution >= 0.6 is 0 Å². The Kier molecular flexibility index (Phi) is 7.84. The van der Waals surface area contributed by atoms with Gasteiger partial charge in [-0.3, -0.25) is 4.90 Å². The predicted octanol–water partition coefficient (Wildman–Crippen LogP) is 3.62. The van der Waals surface area contributed by atoms with Gasteiger partial charge in [0.1, 0.15) is 0 Å². The van der Waals surface area contributed by atoms with Gasteiger partial charge in [-0.1, -0.05) is 44.9 Å². The zero-order chi connectivity index (χ0) is 15.8. The topological polar surface area (TPSA) is 30.9 Å². The molecule has 0 amide bonds. The van der Waals surface area contributed by atoms with E-state index in [0.717, 1.165) is 12.3 Å². The van der Waals surface area contributed by atoms with Crippen molar-refractivity contribution in [3.63, 3.8) is 0 Å². The minimum atomic E-state index is -2.57. The van der Waals surface area contributed by atoms with Crippen LogP contribution in [0.3, 0.4) is 0 Å². The van der Waals surface area contributed by atoms with Crippen LogP contribution in [-0.2, 0) is 13.3 Å². The highest BCUT2D eigenvalue weighted by atomic mass is 28.4. The second-order valence-corrected chi connectivity index (χ2v) is 10.0. The largest absolute Gasteiger partial charge is 0.518 e. The molecule has 1 saturated heterocycles. The van der Waals surface area contributed by atoms with Crippen molar-refractivity contribution < 1.29 is 13.3 Å². The number of likely N-dealkylation sites (tertiary alicyclic amines) is 1. The standard InChI is InChI=1S/C17H35NO3Si/c1-19-22(20-2,21-3)17-12-8-5-9-14-18(17)15-13-16-10-6-4-7-11-16/h16-17H,4-15H2,1-3H3. The Morgan fingerprint density at radius 2 is 1.41 bits per heavy atom. The molecule has 2 rings (SSSR count). The minimum Gasteiger partial charge on any atom is -0.376 e. The van der Waals surface area contributed by atoms with Crippen molar-refractivity contribution >= 4 is 8.80 Å². The molecule has 1 unspecified atom stereocenters. The average molecular weight is 330 g/mol. The summed E-state index contributed by atoms with van der Waals surface area (Å²) in [5, 5.41) is 0. The van der Waals surface area contributed by atoms with Gasteiger partial charge in [-0.05, 0) is 38.3 Å². The summed E-state index contributed by atoms with van der Waals surface area (Å²) < 4.78 is 17.4. The lowest BCUT2D eigenvalue weighted by Crippen LogP contribution is -2.61. The van der Waals surface area contributed by atoms with Gasteiger partial charge in [0.2, 0.25) is 0 Å². The molecule has 2 aliphatic rings. The molecular weight excluding hydrogens is 294 g/mol. The first-order valence-corrected chi connectivity index (χ1v) is 11.0. The Morgan fingerprint density at radius 3 is 2.05 bits per heavy atom. The molecule has 130 valence electrons. The van der Waals surface area contributed by atoms with Gasteiger partial charge in [-0.2, -0.15) is 0 Å². The van der Waals surface area contributed by atoms with Crippen molar-refractivity contribution in [2.24, 2.45) is 5.92 Å². The normalized spacial score (nSPS) is 26.0. The fourth-order valence-electron chi connectivity index (χ4n) is 4.32. The van der Waals surface area contributed by atoms with E-state index in [-0.39, 0.29) is 0 Å². The zero-order valence-electron chi connectivity index (χ0n) is 14.8. The van der Waals surface area contributed by atoms with E-state index >= 15 is 0 Å². The molecule has 22 heavy (non-hydrogen) atoms. The van der Waals surface area contributed by atoms with Crippen LogP contribution in [-0.4, -0.2) is 53.8 Å². The van der Waals surface area contributed by atoms with Crippen LogP contribution < -0.4 is 0 Å². The first-order valence-electron chi connectivity index (χ1n) is 9.15. The van der Waals surface area contributed by atoms with Crippen LogP contribution in [0.4, 0.5) is 0 Å². The van der Waals surface area contributed by atoms with Crippen molar-refractivity contribution in [2.45, 2.75) is 69.9 Å². The zero-order valence-corrected chi connectivity index (χ0v) is 15.8.